The van der Waals surface area contributed by atoms with Crippen molar-refractivity contribution in [2.45, 2.75) is 6.10 Å². The van der Waals surface area contributed by atoms with E-state index in [1.165, 1.54) is 12.1 Å². The Morgan fingerprint density at radius 3 is 2.74 bits per heavy atom. The topological polar surface area (TPSA) is 35.2 Å². The number of halogens is 3. The van der Waals surface area contributed by atoms with E-state index in [1.54, 1.807) is 18.2 Å². The van der Waals surface area contributed by atoms with Gasteiger partial charge in [0.05, 0.1) is 4.47 Å². The molecule has 0 heterocycles. The molecular weight excluding hydrogens is 333 g/mol. The lowest BCUT2D eigenvalue weighted by Crippen LogP contribution is -2.18. The molecule has 100 valence electrons. The van der Waals surface area contributed by atoms with E-state index in [0.717, 1.165) is 5.56 Å². The fourth-order valence-corrected chi connectivity index (χ4v) is 2.22. The molecule has 1 atom stereocenters. The standard InChI is InChI=1S/C14H12BrClFNO/c15-12-5-4-11(17)7-13(12)19-14(8-18)9-2-1-3-10(16)6-9/h1-7,14H,8,18H2. The Morgan fingerprint density at radius 2 is 2.05 bits per heavy atom. The van der Waals surface area contributed by atoms with Crippen molar-refractivity contribution in [1.82, 2.24) is 0 Å². The zero-order valence-electron chi connectivity index (χ0n) is 9.95. The first-order valence-corrected chi connectivity index (χ1v) is 6.84. The molecule has 1 unspecified atom stereocenters. The van der Waals surface area contributed by atoms with Gasteiger partial charge < -0.3 is 10.5 Å². The molecule has 0 fully saturated rings. The molecular formula is C14H12BrClFNO. The van der Waals surface area contributed by atoms with Crippen molar-refractivity contribution in [3.05, 3.63) is 63.3 Å². The minimum Gasteiger partial charge on any atom is -0.483 e. The molecule has 2 aromatic carbocycles. The van der Waals surface area contributed by atoms with Gasteiger partial charge in [-0.25, -0.2) is 4.39 Å². The summed E-state index contributed by atoms with van der Waals surface area (Å²) < 4.78 is 19.6. The molecule has 0 saturated heterocycles. The van der Waals surface area contributed by atoms with E-state index in [-0.39, 0.29) is 18.5 Å². The molecule has 0 aromatic heterocycles. The molecule has 0 spiro atoms. The van der Waals surface area contributed by atoms with Crippen molar-refractivity contribution in [2.24, 2.45) is 5.73 Å². The quantitative estimate of drug-likeness (QED) is 0.896. The maximum Gasteiger partial charge on any atom is 0.137 e. The SMILES string of the molecule is NCC(Oc1cc(F)ccc1Br)c1cccc(Cl)c1. The minimum atomic E-state index is -0.378. The van der Waals surface area contributed by atoms with Crippen LogP contribution >= 0.6 is 27.5 Å². The predicted octanol–water partition coefficient (Wildman–Crippen LogP) is 4.32. The molecule has 0 bridgehead atoms. The van der Waals surface area contributed by atoms with Crippen LogP contribution in [0.25, 0.3) is 0 Å². The number of hydrogen-bond acceptors (Lipinski definition) is 2. The summed E-state index contributed by atoms with van der Waals surface area (Å²) in [5.41, 5.74) is 6.57. The van der Waals surface area contributed by atoms with Crippen molar-refractivity contribution in [2.75, 3.05) is 6.54 Å². The highest BCUT2D eigenvalue weighted by Gasteiger charge is 2.14. The number of nitrogens with two attached hydrogens (primary N) is 1. The van der Waals surface area contributed by atoms with Gasteiger partial charge in [0.1, 0.15) is 17.7 Å². The number of benzene rings is 2. The van der Waals surface area contributed by atoms with E-state index in [4.69, 9.17) is 22.1 Å². The monoisotopic (exact) mass is 343 g/mol. The Balaban J connectivity index is 2.26. The fourth-order valence-electron chi connectivity index (χ4n) is 1.68. The maximum atomic E-state index is 13.2. The minimum absolute atomic E-state index is 0.267. The van der Waals surface area contributed by atoms with Gasteiger partial charge in [-0.1, -0.05) is 23.7 Å². The molecule has 2 nitrogen and oxygen atoms in total. The lowest BCUT2D eigenvalue weighted by Gasteiger charge is -2.19. The molecule has 2 rings (SSSR count). The van der Waals surface area contributed by atoms with Gasteiger partial charge in [-0.15, -0.1) is 0 Å². The zero-order chi connectivity index (χ0) is 13.8. The molecule has 0 aliphatic carbocycles. The Morgan fingerprint density at radius 1 is 1.26 bits per heavy atom. The summed E-state index contributed by atoms with van der Waals surface area (Å²) in [4.78, 5) is 0. The van der Waals surface area contributed by atoms with Crippen LogP contribution in [-0.2, 0) is 0 Å². The van der Waals surface area contributed by atoms with E-state index < -0.39 is 0 Å². The van der Waals surface area contributed by atoms with Crippen LogP contribution in [0.3, 0.4) is 0 Å². The first kappa shape index (κ1) is 14.3. The van der Waals surface area contributed by atoms with Gasteiger partial charge in [0.15, 0.2) is 0 Å². The summed E-state index contributed by atoms with van der Waals surface area (Å²) in [5.74, 6) is 0.0514. The Labute approximate surface area is 124 Å². The van der Waals surface area contributed by atoms with Gasteiger partial charge in [-0.2, -0.15) is 0 Å². The van der Waals surface area contributed by atoms with Crippen molar-refractivity contribution >= 4 is 27.5 Å². The molecule has 0 aliphatic rings. The van der Waals surface area contributed by atoms with Crippen LogP contribution in [0.1, 0.15) is 11.7 Å². The molecule has 2 N–H and O–H groups in total. The highest BCUT2D eigenvalue weighted by Crippen LogP contribution is 2.30. The van der Waals surface area contributed by atoms with Crippen LogP contribution in [-0.4, -0.2) is 6.54 Å². The average molecular weight is 345 g/mol. The van der Waals surface area contributed by atoms with Crippen molar-refractivity contribution in [1.29, 1.82) is 0 Å². The lowest BCUT2D eigenvalue weighted by atomic mass is 10.1. The van der Waals surface area contributed by atoms with Crippen LogP contribution < -0.4 is 10.5 Å². The van der Waals surface area contributed by atoms with Crippen molar-refractivity contribution < 1.29 is 9.13 Å². The normalized spacial score (nSPS) is 12.2. The maximum absolute atomic E-state index is 13.2. The fraction of sp³-hybridized carbons (Fsp3) is 0.143. The van der Waals surface area contributed by atoms with Gasteiger partial charge in [0.25, 0.3) is 0 Å². The van der Waals surface area contributed by atoms with Gasteiger partial charge in [0.2, 0.25) is 0 Å². The first-order valence-electron chi connectivity index (χ1n) is 5.67. The summed E-state index contributed by atoms with van der Waals surface area (Å²) in [5, 5.41) is 0.609. The Kier molecular flexibility index (Phi) is 4.80. The summed E-state index contributed by atoms with van der Waals surface area (Å²) in [6.07, 6.45) is -0.378. The van der Waals surface area contributed by atoms with Gasteiger partial charge in [-0.3, -0.25) is 0 Å². The zero-order valence-corrected chi connectivity index (χ0v) is 12.3. The largest absolute Gasteiger partial charge is 0.483 e. The van der Waals surface area contributed by atoms with Crippen LogP contribution in [0.15, 0.2) is 46.9 Å². The van der Waals surface area contributed by atoms with Crippen molar-refractivity contribution in [3.63, 3.8) is 0 Å². The van der Waals surface area contributed by atoms with E-state index in [9.17, 15) is 4.39 Å². The molecule has 0 saturated carbocycles. The second-order valence-electron chi connectivity index (χ2n) is 3.97. The summed E-state index contributed by atoms with van der Waals surface area (Å²) >= 11 is 9.26. The van der Waals surface area contributed by atoms with Crippen LogP contribution in [0, 0.1) is 5.82 Å². The molecule has 2 aromatic rings. The molecule has 5 heteroatoms. The predicted molar refractivity (Wildman–Crippen MR) is 78.0 cm³/mol. The molecule has 19 heavy (non-hydrogen) atoms. The van der Waals surface area contributed by atoms with Crippen LogP contribution in [0.5, 0.6) is 5.75 Å². The van der Waals surface area contributed by atoms with Crippen molar-refractivity contribution in [3.8, 4) is 5.75 Å². The summed E-state index contributed by atoms with van der Waals surface area (Å²) in [6, 6.07) is 11.5. The highest BCUT2D eigenvalue weighted by molar-refractivity contribution is 9.10. The molecule has 0 aliphatic heterocycles. The smallest absolute Gasteiger partial charge is 0.137 e. The van der Waals surface area contributed by atoms with Gasteiger partial charge >= 0.3 is 0 Å². The summed E-state index contributed by atoms with van der Waals surface area (Å²) in [7, 11) is 0. The summed E-state index contributed by atoms with van der Waals surface area (Å²) in [6.45, 7) is 0.267. The van der Waals surface area contributed by atoms with E-state index in [2.05, 4.69) is 15.9 Å². The third-order valence-corrected chi connectivity index (χ3v) is 3.49. The van der Waals surface area contributed by atoms with Gasteiger partial charge in [0, 0.05) is 17.6 Å². The first-order chi connectivity index (χ1) is 9.10. The lowest BCUT2D eigenvalue weighted by molar-refractivity contribution is 0.212. The van der Waals surface area contributed by atoms with Gasteiger partial charge in [-0.05, 0) is 45.8 Å². The molecule has 0 amide bonds. The highest BCUT2D eigenvalue weighted by atomic mass is 79.9. The van der Waals surface area contributed by atoms with Crippen LogP contribution in [0.4, 0.5) is 4.39 Å². The second kappa shape index (κ2) is 6.37. The van der Waals surface area contributed by atoms with Crippen LogP contribution in [0.2, 0.25) is 5.02 Å². The average Bonchev–Trinajstić information content (AvgIpc) is 2.39. The number of ether oxygens (including phenoxy) is 1. The second-order valence-corrected chi connectivity index (χ2v) is 5.26. The third-order valence-electron chi connectivity index (χ3n) is 2.60. The van der Waals surface area contributed by atoms with E-state index in [1.807, 2.05) is 12.1 Å². The molecule has 0 radical (unpaired) electrons. The number of hydrogen-bond donors (Lipinski definition) is 1. The Bertz CT molecular complexity index is 579. The number of rotatable bonds is 4. The van der Waals surface area contributed by atoms with E-state index >= 15 is 0 Å². The third kappa shape index (κ3) is 3.69. The van der Waals surface area contributed by atoms with E-state index in [0.29, 0.717) is 15.2 Å². The Hall–Kier alpha value is -1.10.